The number of hydrogen-bond acceptors (Lipinski definition) is 6. The van der Waals surface area contributed by atoms with Crippen LogP contribution in [0.3, 0.4) is 0 Å². The number of aromatic nitrogens is 2. The van der Waals surface area contributed by atoms with Crippen LogP contribution in [0.1, 0.15) is 49.0 Å². The van der Waals surface area contributed by atoms with Crippen molar-refractivity contribution in [2.75, 3.05) is 31.1 Å². The van der Waals surface area contributed by atoms with Gasteiger partial charge < -0.3 is 20.3 Å². The molecule has 5 rings (SSSR count). The number of piperidine rings is 1. The molecule has 3 heterocycles. The van der Waals surface area contributed by atoms with E-state index in [4.69, 9.17) is 22.9 Å². The first-order valence-corrected chi connectivity index (χ1v) is 12.3. The average molecular weight is 481 g/mol. The molecule has 2 N–H and O–H groups in total. The molecule has 1 aromatic heterocycles. The minimum absolute atomic E-state index is 0.0708. The van der Waals surface area contributed by atoms with Gasteiger partial charge in [-0.05, 0) is 56.1 Å². The summed E-state index contributed by atoms with van der Waals surface area (Å²) in [7, 11) is 0. The van der Waals surface area contributed by atoms with Crippen molar-refractivity contribution in [1.29, 1.82) is 0 Å². The first-order chi connectivity index (χ1) is 16.5. The summed E-state index contributed by atoms with van der Waals surface area (Å²) in [5.74, 6) is 1.34. The lowest BCUT2D eigenvalue weighted by Gasteiger charge is -2.48. The van der Waals surface area contributed by atoms with E-state index < -0.39 is 0 Å². The Kier molecular flexibility index (Phi) is 6.57. The van der Waals surface area contributed by atoms with Crippen molar-refractivity contribution < 1.29 is 9.53 Å². The van der Waals surface area contributed by atoms with Crippen LogP contribution in [0.2, 0.25) is 5.02 Å². The van der Waals surface area contributed by atoms with E-state index in [1.165, 1.54) is 12.8 Å². The quantitative estimate of drug-likeness (QED) is 0.629. The topological polar surface area (TPSA) is 83.7 Å². The van der Waals surface area contributed by atoms with Crippen LogP contribution in [0.5, 0.6) is 5.75 Å². The van der Waals surface area contributed by atoms with E-state index >= 15 is 0 Å². The third-order valence-electron chi connectivity index (χ3n) is 7.37. The Hall–Kier alpha value is -2.89. The van der Waals surface area contributed by atoms with E-state index in [0.29, 0.717) is 27.6 Å². The molecule has 3 aliphatic rings. The van der Waals surface area contributed by atoms with Gasteiger partial charge in [-0.1, -0.05) is 17.7 Å². The summed E-state index contributed by atoms with van der Waals surface area (Å²) in [5, 5.41) is 6.89. The van der Waals surface area contributed by atoms with Crippen LogP contribution < -0.4 is 20.3 Å². The molecule has 0 unspecified atom stereocenters. The highest BCUT2D eigenvalue weighted by Crippen LogP contribution is 2.36. The monoisotopic (exact) mass is 480 g/mol. The molecule has 8 nitrogen and oxygen atoms in total. The van der Waals surface area contributed by atoms with Crippen LogP contribution in [0.4, 0.5) is 11.5 Å². The minimum Gasteiger partial charge on any atom is -0.490 e. The fourth-order valence-corrected chi connectivity index (χ4v) is 5.29. The molecule has 34 heavy (non-hydrogen) atoms. The summed E-state index contributed by atoms with van der Waals surface area (Å²) in [5.41, 5.74) is 1.27. The lowest BCUT2D eigenvalue weighted by molar-refractivity contribution is 0.0888. The first kappa shape index (κ1) is 22.9. The van der Waals surface area contributed by atoms with Crippen molar-refractivity contribution in [2.45, 2.75) is 50.7 Å². The highest BCUT2D eigenvalue weighted by Gasteiger charge is 2.39. The second-order valence-corrected chi connectivity index (χ2v) is 10.0. The summed E-state index contributed by atoms with van der Waals surface area (Å²) in [6.45, 7) is 11.3. The molecule has 9 heteroatoms. The number of halogens is 1. The summed E-state index contributed by atoms with van der Waals surface area (Å²) < 4.78 is 6.04. The third kappa shape index (κ3) is 4.96. The third-order valence-corrected chi connectivity index (χ3v) is 7.67. The van der Waals surface area contributed by atoms with Gasteiger partial charge in [-0.2, -0.15) is 0 Å². The largest absolute Gasteiger partial charge is 0.490 e. The summed E-state index contributed by atoms with van der Waals surface area (Å²) in [4.78, 5) is 27.3. The van der Waals surface area contributed by atoms with Crippen molar-refractivity contribution in [3.05, 3.63) is 52.7 Å². The fraction of sp³-hybridized carbons (Fsp3) is 0.520. The second kappa shape index (κ2) is 9.77. The molecule has 3 fully saturated rings. The highest BCUT2D eigenvalue weighted by molar-refractivity contribution is 6.33. The summed E-state index contributed by atoms with van der Waals surface area (Å²) >= 11 is 6.10. The lowest BCUT2D eigenvalue weighted by atomic mass is 9.73. The van der Waals surface area contributed by atoms with Gasteiger partial charge in [0.05, 0.1) is 30.1 Å². The molecule has 1 amide bonds. The SMILES string of the molecule is [C-]#[N+]c1ccc(OC2CCC(NC(=O)c3cnc(N4CCC5(CC4)CNC5)cn3)CC2)cc1Cl. The van der Waals surface area contributed by atoms with E-state index in [1.54, 1.807) is 30.6 Å². The van der Waals surface area contributed by atoms with Crippen molar-refractivity contribution in [3.8, 4) is 5.75 Å². The van der Waals surface area contributed by atoms with Crippen LogP contribution in [0.15, 0.2) is 30.6 Å². The Morgan fingerprint density at radius 3 is 2.53 bits per heavy atom. The zero-order valence-electron chi connectivity index (χ0n) is 19.1. The summed E-state index contributed by atoms with van der Waals surface area (Å²) in [6, 6.07) is 5.24. The van der Waals surface area contributed by atoms with E-state index in [1.807, 2.05) is 0 Å². The molecule has 178 valence electrons. The molecular weight excluding hydrogens is 452 g/mol. The lowest BCUT2D eigenvalue weighted by Crippen LogP contribution is -2.58. The Morgan fingerprint density at radius 2 is 1.94 bits per heavy atom. The van der Waals surface area contributed by atoms with Gasteiger partial charge in [-0.3, -0.25) is 4.79 Å². The number of amides is 1. The predicted octanol–water partition coefficient (Wildman–Crippen LogP) is 3.99. The molecule has 1 aliphatic carbocycles. The molecule has 2 aliphatic heterocycles. The number of carbonyl (C=O) groups excluding carboxylic acids is 1. The van der Waals surface area contributed by atoms with Gasteiger partial charge in [0.15, 0.2) is 0 Å². The number of hydrogen-bond donors (Lipinski definition) is 2. The summed E-state index contributed by atoms with van der Waals surface area (Å²) in [6.07, 6.45) is 9.08. The molecule has 2 saturated heterocycles. The number of nitrogens with one attached hydrogen (secondary N) is 2. The molecule has 1 aromatic carbocycles. The van der Waals surface area contributed by atoms with Crippen LogP contribution >= 0.6 is 11.6 Å². The Morgan fingerprint density at radius 1 is 1.18 bits per heavy atom. The van der Waals surface area contributed by atoms with E-state index in [-0.39, 0.29) is 18.1 Å². The smallest absolute Gasteiger partial charge is 0.271 e. The van der Waals surface area contributed by atoms with Gasteiger partial charge >= 0.3 is 0 Å². The molecule has 0 atom stereocenters. The molecular formula is C25H29ClN6O2. The zero-order valence-corrected chi connectivity index (χ0v) is 19.9. The van der Waals surface area contributed by atoms with Crippen LogP contribution in [0.25, 0.3) is 4.85 Å². The normalized spacial score (nSPS) is 23.6. The molecule has 2 aromatic rings. The molecule has 1 spiro atoms. The van der Waals surface area contributed by atoms with Crippen molar-refractivity contribution in [1.82, 2.24) is 20.6 Å². The molecule has 0 bridgehead atoms. The van der Waals surface area contributed by atoms with Gasteiger partial charge in [-0.15, -0.1) is 0 Å². The zero-order chi connectivity index (χ0) is 23.5. The number of anilines is 1. The van der Waals surface area contributed by atoms with Crippen molar-refractivity contribution in [2.24, 2.45) is 5.41 Å². The van der Waals surface area contributed by atoms with Crippen LogP contribution in [0, 0.1) is 12.0 Å². The van der Waals surface area contributed by atoms with Gasteiger partial charge in [0, 0.05) is 32.2 Å². The maximum Gasteiger partial charge on any atom is 0.271 e. The highest BCUT2D eigenvalue weighted by atomic mass is 35.5. The number of ether oxygens (including phenoxy) is 1. The Balaban J connectivity index is 1.08. The number of rotatable bonds is 5. The van der Waals surface area contributed by atoms with Gasteiger partial charge in [0.25, 0.3) is 5.91 Å². The van der Waals surface area contributed by atoms with E-state index in [2.05, 4.69) is 30.3 Å². The van der Waals surface area contributed by atoms with Gasteiger partial charge in [-0.25, -0.2) is 14.8 Å². The Labute approximate surface area is 204 Å². The standard InChI is InChI=1S/C25H29ClN6O2/c1-27-21-7-6-19(12-20(21)26)34-18-4-2-17(3-5-18)31-24(33)22-13-30-23(14-29-22)32-10-8-25(9-11-32)15-28-16-25/h6-7,12-14,17-18,28H,2-5,8-11,15-16H2,(H,31,33). The van der Waals surface area contributed by atoms with Crippen molar-refractivity contribution >= 4 is 29.0 Å². The number of carbonyl (C=O) groups is 1. The average Bonchev–Trinajstić information content (AvgIpc) is 2.84. The first-order valence-electron chi connectivity index (χ1n) is 12.0. The van der Waals surface area contributed by atoms with E-state index in [9.17, 15) is 4.79 Å². The van der Waals surface area contributed by atoms with E-state index in [0.717, 1.165) is 57.7 Å². The maximum atomic E-state index is 12.7. The second-order valence-electron chi connectivity index (χ2n) is 9.64. The van der Waals surface area contributed by atoms with Crippen molar-refractivity contribution in [3.63, 3.8) is 0 Å². The maximum absolute atomic E-state index is 12.7. The van der Waals surface area contributed by atoms with Crippen LogP contribution in [-0.2, 0) is 0 Å². The van der Waals surface area contributed by atoms with Gasteiger partial charge in [0.2, 0.25) is 5.69 Å². The number of benzene rings is 1. The minimum atomic E-state index is -0.178. The predicted molar refractivity (Wildman–Crippen MR) is 131 cm³/mol. The number of nitrogens with zero attached hydrogens (tertiary/aromatic N) is 4. The Bertz CT molecular complexity index is 1060. The fourth-order valence-electron chi connectivity index (χ4n) is 5.07. The van der Waals surface area contributed by atoms with Crippen LogP contribution in [-0.4, -0.2) is 54.2 Å². The molecule has 0 radical (unpaired) electrons. The van der Waals surface area contributed by atoms with Gasteiger partial charge in [0.1, 0.15) is 17.3 Å². The molecule has 1 saturated carbocycles.